The quantitative estimate of drug-likeness (QED) is 0.874. The average molecular weight is 335 g/mol. The number of rotatable bonds is 3. The van der Waals surface area contributed by atoms with Crippen LogP contribution in [-0.4, -0.2) is 22.9 Å². The normalized spacial score (nSPS) is 16.9. The maximum atomic E-state index is 12.7. The zero-order valence-electron chi connectivity index (χ0n) is 14.5. The molecule has 5 nitrogen and oxygen atoms in total. The molecule has 0 spiro atoms. The second-order valence-electron chi connectivity index (χ2n) is 6.75. The van der Waals surface area contributed by atoms with Gasteiger partial charge < -0.3 is 9.88 Å². The molecule has 1 aromatic heterocycles. The number of nitrogens with zero attached hydrogens (tertiary/aromatic N) is 2. The van der Waals surface area contributed by atoms with Crippen LogP contribution < -0.4 is 10.2 Å². The Balaban J connectivity index is 1.59. The molecule has 1 fully saturated rings. The molecule has 2 amide bonds. The van der Waals surface area contributed by atoms with E-state index in [-0.39, 0.29) is 18.4 Å². The van der Waals surface area contributed by atoms with Crippen LogP contribution in [0.4, 0.5) is 11.4 Å². The second-order valence-corrected chi connectivity index (χ2v) is 6.75. The molecule has 0 saturated heterocycles. The Bertz CT molecular complexity index is 890. The summed E-state index contributed by atoms with van der Waals surface area (Å²) in [6.07, 6.45) is 5.89. The molecule has 1 aromatic carbocycles. The van der Waals surface area contributed by atoms with E-state index in [2.05, 4.69) is 29.8 Å². The van der Waals surface area contributed by atoms with Crippen molar-refractivity contribution in [3.05, 3.63) is 53.4 Å². The molecule has 1 aliphatic carbocycles. The molecule has 128 valence electrons. The van der Waals surface area contributed by atoms with Gasteiger partial charge in [0, 0.05) is 23.5 Å². The Morgan fingerprint density at radius 1 is 1.24 bits per heavy atom. The van der Waals surface area contributed by atoms with Crippen LogP contribution in [0, 0.1) is 13.8 Å². The molecule has 4 rings (SSSR count). The molecular weight excluding hydrogens is 314 g/mol. The van der Waals surface area contributed by atoms with Crippen molar-refractivity contribution in [2.75, 3.05) is 16.8 Å². The standard InChI is InChI=1S/C20H21N3O2/c1-13-11-15(14(2)23(13)16-8-9-16)7-10-20(25)22-12-19(24)21-17-5-3-4-6-18(17)22/h3-7,10-11,16H,8-9,12H2,1-2H3,(H,21,24)/b10-7+. The van der Waals surface area contributed by atoms with Gasteiger partial charge in [0.15, 0.2) is 0 Å². The van der Waals surface area contributed by atoms with E-state index in [1.54, 1.807) is 12.1 Å². The number of hydrogen-bond acceptors (Lipinski definition) is 2. The Labute approximate surface area is 146 Å². The first-order valence-corrected chi connectivity index (χ1v) is 8.61. The fraction of sp³-hybridized carbons (Fsp3) is 0.300. The molecule has 2 heterocycles. The predicted octanol–water partition coefficient (Wildman–Crippen LogP) is 3.44. The maximum absolute atomic E-state index is 12.7. The topological polar surface area (TPSA) is 54.3 Å². The lowest BCUT2D eigenvalue weighted by Gasteiger charge is -2.28. The number of aryl methyl sites for hydroxylation is 1. The van der Waals surface area contributed by atoms with Crippen molar-refractivity contribution in [3.8, 4) is 0 Å². The summed E-state index contributed by atoms with van der Waals surface area (Å²) in [5, 5.41) is 2.80. The summed E-state index contributed by atoms with van der Waals surface area (Å²) in [6, 6.07) is 10.1. The van der Waals surface area contributed by atoms with Crippen LogP contribution >= 0.6 is 0 Å². The van der Waals surface area contributed by atoms with Crippen LogP contribution in [0.15, 0.2) is 36.4 Å². The summed E-state index contributed by atoms with van der Waals surface area (Å²) < 4.78 is 2.35. The third-order valence-electron chi connectivity index (χ3n) is 4.88. The first kappa shape index (κ1) is 15.7. The van der Waals surface area contributed by atoms with Crippen molar-refractivity contribution in [2.45, 2.75) is 32.7 Å². The highest BCUT2D eigenvalue weighted by molar-refractivity contribution is 6.13. The molecule has 0 radical (unpaired) electrons. The molecule has 5 heteroatoms. The number of benzene rings is 1. The van der Waals surface area contributed by atoms with Gasteiger partial charge >= 0.3 is 0 Å². The number of fused-ring (bicyclic) bond motifs is 1. The van der Waals surface area contributed by atoms with Gasteiger partial charge in [0.1, 0.15) is 6.54 Å². The van der Waals surface area contributed by atoms with Crippen LogP contribution in [0.1, 0.15) is 35.8 Å². The molecule has 2 aromatic rings. The Morgan fingerprint density at radius 2 is 2.00 bits per heavy atom. The average Bonchev–Trinajstić information content (AvgIpc) is 3.38. The van der Waals surface area contributed by atoms with Crippen molar-refractivity contribution >= 4 is 29.3 Å². The Hall–Kier alpha value is -2.82. The van der Waals surface area contributed by atoms with Gasteiger partial charge in [-0.15, -0.1) is 0 Å². The van der Waals surface area contributed by atoms with Crippen LogP contribution in [0.25, 0.3) is 6.08 Å². The summed E-state index contributed by atoms with van der Waals surface area (Å²) in [5.74, 6) is -0.356. The van der Waals surface area contributed by atoms with Crippen LogP contribution in [0.5, 0.6) is 0 Å². The van der Waals surface area contributed by atoms with Gasteiger partial charge in [-0.3, -0.25) is 14.5 Å². The zero-order valence-corrected chi connectivity index (χ0v) is 14.5. The number of nitrogens with one attached hydrogen (secondary N) is 1. The minimum absolute atomic E-state index is 0.0429. The van der Waals surface area contributed by atoms with Gasteiger partial charge in [-0.1, -0.05) is 12.1 Å². The highest BCUT2D eigenvalue weighted by Gasteiger charge is 2.27. The Kier molecular flexibility index (Phi) is 3.71. The van der Waals surface area contributed by atoms with Gasteiger partial charge in [0.25, 0.3) is 5.91 Å². The molecule has 1 aliphatic heterocycles. The van der Waals surface area contributed by atoms with Crippen LogP contribution in [0.2, 0.25) is 0 Å². The lowest BCUT2D eigenvalue weighted by Crippen LogP contribution is -2.41. The molecular formula is C20H21N3O2. The van der Waals surface area contributed by atoms with Gasteiger partial charge in [-0.05, 0) is 56.5 Å². The number of aromatic nitrogens is 1. The second kappa shape index (κ2) is 5.92. The Morgan fingerprint density at radius 3 is 2.76 bits per heavy atom. The van der Waals surface area contributed by atoms with Gasteiger partial charge in [-0.2, -0.15) is 0 Å². The van der Waals surface area contributed by atoms with Crippen molar-refractivity contribution < 1.29 is 9.59 Å². The van der Waals surface area contributed by atoms with Gasteiger partial charge in [0.2, 0.25) is 5.91 Å². The highest BCUT2D eigenvalue weighted by atomic mass is 16.2. The number of carbonyl (C=O) groups excluding carboxylic acids is 2. The van der Waals surface area contributed by atoms with Crippen molar-refractivity contribution in [2.24, 2.45) is 0 Å². The molecule has 1 saturated carbocycles. The van der Waals surface area contributed by atoms with Crippen LogP contribution in [0.3, 0.4) is 0 Å². The molecule has 1 N–H and O–H groups in total. The van der Waals surface area contributed by atoms with E-state index in [1.807, 2.05) is 24.3 Å². The number of hydrogen-bond donors (Lipinski definition) is 1. The molecule has 0 unspecified atom stereocenters. The third kappa shape index (κ3) is 2.86. The van der Waals surface area contributed by atoms with E-state index < -0.39 is 0 Å². The fourth-order valence-electron chi connectivity index (χ4n) is 3.55. The predicted molar refractivity (Wildman–Crippen MR) is 98.6 cm³/mol. The van der Waals surface area contributed by atoms with Crippen molar-refractivity contribution in [3.63, 3.8) is 0 Å². The van der Waals surface area contributed by atoms with Crippen molar-refractivity contribution in [1.29, 1.82) is 0 Å². The number of anilines is 2. The fourth-order valence-corrected chi connectivity index (χ4v) is 3.55. The molecule has 2 aliphatic rings. The van der Waals surface area contributed by atoms with E-state index in [0.717, 1.165) is 11.3 Å². The smallest absolute Gasteiger partial charge is 0.251 e. The van der Waals surface area contributed by atoms with Gasteiger partial charge in [0.05, 0.1) is 11.4 Å². The number of para-hydroxylation sites is 2. The maximum Gasteiger partial charge on any atom is 0.251 e. The van der Waals surface area contributed by atoms with E-state index in [9.17, 15) is 9.59 Å². The monoisotopic (exact) mass is 335 g/mol. The largest absolute Gasteiger partial charge is 0.346 e. The lowest BCUT2D eigenvalue weighted by atomic mass is 10.1. The first-order valence-electron chi connectivity index (χ1n) is 8.61. The number of amides is 2. The van der Waals surface area contributed by atoms with Gasteiger partial charge in [-0.25, -0.2) is 0 Å². The SMILES string of the molecule is Cc1cc(/C=C/C(=O)N2CC(=O)Nc3ccccc32)c(C)n1C1CC1. The minimum Gasteiger partial charge on any atom is -0.346 e. The summed E-state index contributed by atoms with van der Waals surface area (Å²) in [4.78, 5) is 26.1. The number of carbonyl (C=O) groups is 2. The first-order chi connectivity index (χ1) is 12.0. The van der Waals surface area contributed by atoms with E-state index in [0.29, 0.717) is 11.7 Å². The summed E-state index contributed by atoms with van der Waals surface area (Å²) in [6.45, 7) is 4.25. The van der Waals surface area contributed by atoms with E-state index in [4.69, 9.17) is 0 Å². The van der Waals surface area contributed by atoms with Crippen LogP contribution in [-0.2, 0) is 9.59 Å². The van der Waals surface area contributed by atoms with E-state index in [1.165, 1.54) is 29.1 Å². The summed E-state index contributed by atoms with van der Waals surface area (Å²) in [5.41, 5.74) is 4.90. The van der Waals surface area contributed by atoms with E-state index >= 15 is 0 Å². The third-order valence-corrected chi connectivity index (χ3v) is 4.88. The zero-order chi connectivity index (χ0) is 17.6. The minimum atomic E-state index is -0.182. The highest BCUT2D eigenvalue weighted by Crippen LogP contribution is 2.38. The molecule has 0 atom stereocenters. The molecule has 25 heavy (non-hydrogen) atoms. The molecule has 0 bridgehead atoms. The van der Waals surface area contributed by atoms with Crippen molar-refractivity contribution in [1.82, 2.24) is 4.57 Å². The summed E-state index contributed by atoms with van der Waals surface area (Å²) >= 11 is 0. The lowest BCUT2D eigenvalue weighted by molar-refractivity contribution is -0.119. The summed E-state index contributed by atoms with van der Waals surface area (Å²) in [7, 11) is 0.